The molecule has 5 heterocycles. The highest BCUT2D eigenvalue weighted by Crippen LogP contribution is 2.36. The summed E-state index contributed by atoms with van der Waals surface area (Å²) in [5.74, 6) is 2.89. The van der Waals surface area contributed by atoms with E-state index in [2.05, 4.69) is 30.6 Å². The highest BCUT2D eigenvalue weighted by molar-refractivity contribution is 5.56. The molecule has 1 atom stereocenters. The van der Waals surface area contributed by atoms with Crippen molar-refractivity contribution in [2.24, 2.45) is 0 Å². The fourth-order valence-corrected chi connectivity index (χ4v) is 4.20. The number of hydrogen-bond acceptors (Lipinski definition) is 9. The zero-order valence-corrected chi connectivity index (χ0v) is 19.4. The van der Waals surface area contributed by atoms with Gasteiger partial charge in [0.2, 0.25) is 5.95 Å². The van der Waals surface area contributed by atoms with Gasteiger partial charge in [-0.05, 0) is 44.7 Å². The van der Waals surface area contributed by atoms with Crippen molar-refractivity contribution in [3.8, 4) is 11.4 Å². The van der Waals surface area contributed by atoms with Crippen molar-refractivity contribution in [2.75, 3.05) is 30.5 Å². The molecular formula is C24H28N8O2. The summed E-state index contributed by atoms with van der Waals surface area (Å²) in [6.07, 6.45) is 5.39. The maximum atomic E-state index is 5.76. The van der Waals surface area contributed by atoms with Gasteiger partial charge in [-0.1, -0.05) is 11.2 Å². The molecule has 0 amide bonds. The first-order valence-corrected chi connectivity index (χ1v) is 11.5. The summed E-state index contributed by atoms with van der Waals surface area (Å²) < 4.78 is 11.0. The Bertz CT molecular complexity index is 1220. The number of methoxy groups -OCH3 is 1. The lowest BCUT2D eigenvalue weighted by Crippen LogP contribution is -2.25. The van der Waals surface area contributed by atoms with E-state index in [1.807, 2.05) is 43.3 Å². The SMILES string of the molecule is COCCCc1cc(Nc2cc(C)[nH]n2)nc(N2CCCC2c2cc(-c3ccccn3)no2)n1. The summed E-state index contributed by atoms with van der Waals surface area (Å²) in [5.41, 5.74) is 3.45. The molecule has 4 aromatic heterocycles. The lowest BCUT2D eigenvalue weighted by atomic mass is 10.1. The molecule has 176 valence electrons. The Morgan fingerprint density at radius 2 is 2.12 bits per heavy atom. The number of H-pyrrole nitrogens is 1. The van der Waals surface area contributed by atoms with Crippen LogP contribution in [0.4, 0.5) is 17.6 Å². The fraction of sp³-hybridized carbons (Fsp3) is 0.375. The van der Waals surface area contributed by atoms with Gasteiger partial charge in [-0.25, -0.2) is 4.98 Å². The molecule has 0 aromatic carbocycles. The third-order valence-electron chi connectivity index (χ3n) is 5.80. The maximum Gasteiger partial charge on any atom is 0.228 e. The Hall–Kier alpha value is -3.79. The second-order valence-corrected chi connectivity index (χ2v) is 8.38. The summed E-state index contributed by atoms with van der Waals surface area (Å²) in [5, 5.41) is 14.8. The van der Waals surface area contributed by atoms with Gasteiger partial charge in [-0.15, -0.1) is 0 Å². The molecule has 4 aromatic rings. The van der Waals surface area contributed by atoms with Gasteiger partial charge < -0.3 is 19.5 Å². The summed E-state index contributed by atoms with van der Waals surface area (Å²) in [6, 6.07) is 11.7. The molecular weight excluding hydrogens is 432 g/mol. The summed E-state index contributed by atoms with van der Waals surface area (Å²) in [6.45, 7) is 3.49. The van der Waals surface area contributed by atoms with E-state index in [1.165, 1.54) is 0 Å². The highest BCUT2D eigenvalue weighted by atomic mass is 16.5. The van der Waals surface area contributed by atoms with Gasteiger partial charge in [0.1, 0.15) is 11.5 Å². The van der Waals surface area contributed by atoms with Crippen molar-refractivity contribution in [3.63, 3.8) is 0 Å². The molecule has 1 saturated heterocycles. The van der Waals surface area contributed by atoms with Crippen molar-refractivity contribution in [3.05, 3.63) is 59.7 Å². The molecule has 0 aliphatic carbocycles. The number of ether oxygens (including phenoxy) is 1. The Labute approximate surface area is 197 Å². The van der Waals surface area contributed by atoms with Crippen molar-refractivity contribution < 1.29 is 9.26 Å². The van der Waals surface area contributed by atoms with Crippen LogP contribution in [-0.2, 0) is 11.2 Å². The predicted molar refractivity (Wildman–Crippen MR) is 128 cm³/mol. The summed E-state index contributed by atoms with van der Waals surface area (Å²) >= 11 is 0. The van der Waals surface area contributed by atoms with Crippen LogP contribution in [0.1, 0.15) is 42.5 Å². The quantitative estimate of drug-likeness (QED) is 0.354. The van der Waals surface area contributed by atoms with Crippen LogP contribution in [-0.4, -0.2) is 50.6 Å². The fourth-order valence-electron chi connectivity index (χ4n) is 4.20. The Morgan fingerprint density at radius 1 is 1.18 bits per heavy atom. The van der Waals surface area contributed by atoms with Gasteiger partial charge in [0.15, 0.2) is 11.6 Å². The van der Waals surface area contributed by atoms with E-state index in [0.29, 0.717) is 18.4 Å². The lowest BCUT2D eigenvalue weighted by molar-refractivity contribution is 0.195. The molecule has 0 radical (unpaired) electrons. The van der Waals surface area contributed by atoms with Crippen LogP contribution in [0.5, 0.6) is 0 Å². The minimum atomic E-state index is 0.0136. The first kappa shape index (κ1) is 22.0. The molecule has 1 aliphatic heterocycles. The summed E-state index contributed by atoms with van der Waals surface area (Å²) in [4.78, 5) is 16.3. The Balaban J connectivity index is 1.43. The monoisotopic (exact) mass is 460 g/mol. The molecule has 34 heavy (non-hydrogen) atoms. The molecule has 1 unspecified atom stereocenters. The molecule has 10 heteroatoms. The molecule has 5 rings (SSSR count). The normalized spacial score (nSPS) is 15.7. The van der Waals surface area contributed by atoms with Crippen LogP contribution in [0.2, 0.25) is 0 Å². The van der Waals surface area contributed by atoms with Crippen molar-refractivity contribution in [1.82, 2.24) is 30.3 Å². The smallest absolute Gasteiger partial charge is 0.228 e. The number of rotatable bonds is 9. The van der Waals surface area contributed by atoms with Crippen LogP contribution < -0.4 is 10.2 Å². The van der Waals surface area contributed by atoms with E-state index >= 15 is 0 Å². The number of hydrogen-bond donors (Lipinski definition) is 2. The van der Waals surface area contributed by atoms with Crippen LogP contribution in [0, 0.1) is 6.92 Å². The molecule has 1 fully saturated rings. The van der Waals surface area contributed by atoms with Crippen molar-refractivity contribution in [1.29, 1.82) is 0 Å². The molecule has 0 bridgehead atoms. The highest BCUT2D eigenvalue weighted by Gasteiger charge is 2.32. The Morgan fingerprint density at radius 3 is 2.91 bits per heavy atom. The van der Waals surface area contributed by atoms with E-state index in [9.17, 15) is 0 Å². The lowest BCUT2D eigenvalue weighted by Gasteiger charge is -2.23. The van der Waals surface area contributed by atoms with E-state index in [4.69, 9.17) is 19.2 Å². The molecule has 0 saturated carbocycles. The number of anilines is 3. The average Bonchev–Trinajstić information content (AvgIpc) is 3.60. The maximum absolute atomic E-state index is 5.76. The zero-order chi connectivity index (χ0) is 23.3. The topological polar surface area (TPSA) is 118 Å². The van der Waals surface area contributed by atoms with E-state index in [-0.39, 0.29) is 6.04 Å². The van der Waals surface area contributed by atoms with Gasteiger partial charge in [0, 0.05) is 56.0 Å². The van der Waals surface area contributed by atoms with Crippen LogP contribution >= 0.6 is 0 Å². The Kier molecular flexibility index (Phi) is 6.48. The molecule has 10 nitrogen and oxygen atoms in total. The first-order valence-electron chi connectivity index (χ1n) is 11.5. The van der Waals surface area contributed by atoms with E-state index < -0.39 is 0 Å². The standard InChI is InChI=1S/C24H28N8O2/c1-16-13-23(30-29-16)27-22-14-17(7-6-12-33-2)26-24(28-22)32-11-5-9-20(32)21-15-19(31-34-21)18-8-3-4-10-25-18/h3-4,8,10,13-15,20H,5-7,9,11-12H2,1-2H3,(H2,26,27,28,29,30). The number of aromatic nitrogens is 6. The molecule has 2 N–H and O–H groups in total. The van der Waals surface area contributed by atoms with Crippen molar-refractivity contribution >= 4 is 17.6 Å². The van der Waals surface area contributed by atoms with E-state index in [1.54, 1.807) is 13.3 Å². The predicted octanol–water partition coefficient (Wildman–Crippen LogP) is 4.22. The number of aromatic amines is 1. The minimum Gasteiger partial charge on any atom is -0.385 e. The second kappa shape index (κ2) is 10.0. The van der Waals surface area contributed by atoms with Gasteiger partial charge >= 0.3 is 0 Å². The van der Waals surface area contributed by atoms with Gasteiger partial charge in [0.05, 0.1) is 11.7 Å². The number of pyridine rings is 1. The third kappa shape index (κ3) is 4.91. The van der Waals surface area contributed by atoms with Gasteiger partial charge in [0.25, 0.3) is 0 Å². The average molecular weight is 461 g/mol. The number of nitrogens with zero attached hydrogens (tertiary/aromatic N) is 6. The van der Waals surface area contributed by atoms with Crippen LogP contribution in [0.3, 0.4) is 0 Å². The second-order valence-electron chi connectivity index (χ2n) is 8.38. The largest absolute Gasteiger partial charge is 0.385 e. The van der Waals surface area contributed by atoms with E-state index in [0.717, 1.165) is 66.6 Å². The first-order chi connectivity index (χ1) is 16.7. The van der Waals surface area contributed by atoms with Crippen molar-refractivity contribution in [2.45, 2.75) is 38.6 Å². The van der Waals surface area contributed by atoms with Crippen LogP contribution in [0.15, 0.2) is 47.1 Å². The number of aryl methyl sites for hydroxylation is 2. The zero-order valence-electron chi connectivity index (χ0n) is 19.4. The minimum absolute atomic E-state index is 0.0136. The summed E-state index contributed by atoms with van der Waals surface area (Å²) in [7, 11) is 1.71. The van der Waals surface area contributed by atoms with Gasteiger partial charge in [-0.3, -0.25) is 10.1 Å². The van der Waals surface area contributed by atoms with Crippen LogP contribution in [0.25, 0.3) is 11.4 Å². The number of nitrogens with one attached hydrogen (secondary N) is 2. The molecule has 0 spiro atoms. The third-order valence-corrected chi connectivity index (χ3v) is 5.80. The van der Waals surface area contributed by atoms with Gasteiger partial charge in [-0.2, -0.15) is 10.1 Å². The molecule has 1 aliphatic rings.